The summed E-state index contributed by atoms with van der Waals surface area (Å²) in [6.07, 6.45) is -2.44. The van der Waals surface area contributed by atoms with E-state index >= 15 is 0 Å². The molecule has 11 heteroatoms. The van der Waals surface area contributed by atoms with Gasteiger partial charge >= 0.3 is 12.3 Å². The SMILES string of the molecule is CS(=O)(=O)CCC1NC(=O)N(CCc2ccc3c(c2)OC(F)(F)O3)C1=O. The number of halogens is 2. The van der Waals surface area contributed by atoms with E-state index in [-0.39, 0.29) is 36.6 Å². The van der Waals surface area contributed by atoms with Crippen molar-refractivity contribution >= 4 is 21.8 Å². The number of benzene rings is 1. The van der Waals surface area contributed by atoms with Gasteiger partial charge in [-0.3, -0.25) is 9.69 Å². The molecule has 1 atom stereocenters. The Kier molecular flexibility index (Phi) is 4.51. The van der Waals surface area contributed by atoms with Crippen molar-refractivity contribution in [3.05, 3.63) is 23.8 Å². The number of carbonyl (C=O) groups is 2. The molecule has 26 heavy (non-hydrogen) atoms. The summed E-state index contributed by atoms with van der Waals surface area (Å²) in [6, 6.07) is 2.72. The van der Waals surface area contributed by atoms with E-state index in [1.165, 1.54) is 18.2 Å². The van der Waals surface area contributed by atoms with Crippen LogP contribution in [0.2, 0.25) is 0 Å². The molecule has 0 aromatic heterocycles. The topological polar surface area (TPSA) is 102 Å². The largest absolute Gasteiger partial charge is 0.586 e. The normalized spacial score (nSPS) is 21.2. The quantitative estimate of drug-likeness (QED) is 0.725. The van der Waals surface area contributed by atoms with Crippen LogP contribution in [0.1, 0.15) is 12.0 Å². The smallest absolute Gasteiger partial charge is 0.395 e. The van der Waals surface area contributed by atoms with Gasteiger partial charge in [0, 0.05) is 12.8 Å². The van der Waals surface area contributed by atoms with Crippen LogP contribution in [0.15, 0.2) is 18.2 Å². The third kappa shape index (κ3) is 4.03. The van der Waals surface area contributed by atoms with Crippen LogP contribution in [0, 0.1) is 0 Å². The summed E-state index contributed by atoms with van der Waals surface area (Å²) in [5.74, 6) is -0.926. The molecular weight excluding hydrogens is 374 g/mol. The van der Waals surface area contributed by atoms with Gasteiger partial charge in [0.05, 0.1) is 5.75 Å². The highest BCUT2D eigenvalue weighted by Crippen LogP contribution is 2.41. The Morgan fingerprint density at radius 3 is 2.62 bits per heavy atom. The van der Waals surface area contributed by atoms with Gasteiger partial charge in [0.25, 0.3) is 5.91 Å². The lowest BCUT2D eigenvalue weighted by Crippen LogP contribution is -2.33. The highest BCUT2D eigenvalue weighted by atomic mass is 32.2. The predicted octanol–water partition coefficient (Wildman–Crippen LogP) is 0.906. The van der Waals surface area contributed by atoms with Gasteiger partial charge in [0.2, 0.25) is 0 Å². The second-order valence-electron chi connectivity index (χ2n) is 6.11. The van der Waals surface area contributed by atoms with E-state index in [0.29, 0.717) is 5.56 Å². The molecule has 3 rings (SSSR count). The van der Waals surface area contributed by atoms with Crippen LogP contribution >= 0.6 is 0 Å². The van der Waals surface area contributed by atoms with Crippen molar-refractivity contribution in [3.8, 4) is 11.5 Å². The first kappa shape index (κ1) is 18.4. The average Bonchev–Trinajstić information content (AvgIpc) is 2.96. The minimum absolute atomic E-state index is 0.000979. The molecule has 1 aromatic carbocycles. The van der Waals surface area contributed by atoms with Crippen LogP contribution in [0.25, 0.3) is 0 Å². The summed E-state index contributed by atoms with van der Waals surface area (Å²) in [4.78, 5) is 25.1. The fourth-order valence-electron chi connectivity index (χ4n) is 2.71. The van der Waals surface area contributed by atoms with Crippen LogP contribution in [0.5, 0.6) is 11.5 Å². The van der Waals surface area contributed by atoms with Crippen molar-refractivity contribution in [2.45, 2.75) is 25.2 Å². The predicted molar refractivity (Wildman–Crippen MR) is 84.7 cm³/mol. The molecule has 0 aliphatic carbocycles. The van der Waals surface area contributed by atoms with Crippen molar-refractivity contribution in [3.63, 3.8) is 0 Å². The average molecular weight is 390 g/mol. The first-order valence-electron chi connectivity index (χ1n) is 7.72. The van der Waals surface area contributed by atoms with Gasteiger partial charge in [-0.2, -0.15) is 0 Å². The summed E-state index contributed by atoms with van der Waals surface area (Å²) >= 11 is 0. The summed E-state index contributed by atoms with van der Waals surface area (Å²) in [5, 5.41) is 2.44. The van der Waals surface area contributed by atoms with Gasteiger partial charge in [-0.25, -0.2) is 13.2 Å². The molecule has 142 valence electrons. The lowest BCUT2D eigenvalue weighted by molar-refractivity contribution is -0.286. The molecule has 2 aliphatic rings. The lowest BCUT2D eigenvalue weighted by atomic mass is 10.1. The van der Waals surface area contributed by atoms with E-state index in [1.54, 1.807) is 0 Å². The van der Waals surface area contributed by atoms with Gasteiger partial charge in [0.1, 0.15) is 15.9 Å². The highest BCUT2D eigenvalue weighted by molar-refractivity contribution is 7.90. The number of rotatable bonds is 6. The van der Waals surface area contributed by atoms with E-state index in [2.05, 4.69) is 14.8 Å². The molecule has 1 saturated heterocycles. The number of sulfone groups is 1. The number of fused-ring (bicyclic) bond motifs is 1. The summed E-state index contributed by atoms with van der Waals surface area (Å²) in [5.41, 5.74) is 0.574. The van der Waals surface area contributed by atoms with Crippen molar-refractivity contribution in [1.29, 1.82) is 0 Å². The van der Waals surface area contributed by atoms with Gasteiger partial charge in [-0.1, -0.05) is 6.07 Å². The Morgan fingerprint density at radius 1 is 1.23 bits per heavy atom. The van der Waals surface area contributed by atoms with Gasteiger partial charge < -0.3 is 14.8 Å². The Morgan fingerprint density at radius 2 is 1.92 bits per heavy atom. The number of ether oxygens (including phenoxy) is 2. The molecule has 2 aliphatic heterocycles. The maximum atomic E-state index is 13.0. The van der Waals surface area contributed by atoms with E-state index in [4.69, 9.17) is 0 Å². The third-order valence-corrected chi connectivity index (χ3v) is 4.95. The maximum Gasteiger partial charge on any atom is 0.586 e. The number of carbonyl (C=O) groups excluding carboxylic acids is 2. The Balaban J connectivity index is 1.60. The third-order valence-electron chi connectivity index (χ3n) is 3.97. The molecule has 0 radical (unpaired) electrons. The molecule has 1 aromatic rings. The maximum absolute atomic E-state index is 13.0. The highest BCUT2D eigenvalue weighted by Gasteiger charge is 2.43. The Labute approximate surface area is 148 Å². The Hall–Kier alpha value is -2.43. The molecule has 0 bridgehead atoms. The van der Waals surface area contributed by atoms with Crippen molar-refractivity contribution in [2.24, 2.45) is 0 Å². The first-order valence-corrected chi connectivity index (χ1v) is 9.78. The fraction of sp³-hybridized carbons (Fsp3) is 0.467. The molecule has 3 amide bonds. The molecule has 1 N–H and O–H groups in total. The van der Waals surface area contributed by atoms with Gasteiger partial charge in [-0.15, -0.1) is 8.78 Å². The summed E-state index contributed by atoms with van der Waals surface area (Å²) in [6.45, 7) is 0.0239. The summed E-state index contributed by atoms with van der Waals surface area (Å²) in [7, 11) is -3.25. The molecule has 2 heterocycles. The number of hydrogen-bond acceptors (Lipinski definition) is 6. The fourth-order valence-corrected chi connectivity index (χ4v) is 3.37. The second-order valence-corrected chi connectivity index (χ2v) is 8.37. The number of nitrogens with zero attached hydrogens (tertiary/aromatic N) is 1. The molecule has 0 spiro atoms. The number of nitrogens with one attached hydrogen (secondary N) is 1. The zero-order valence-corrected chi connectivity index (χ0v) is 14.5. The standard InChI is InChI=1S/C15H16F2N2O6S/c1-26(22,23)7-5-10-13(20)19(14(21)18-10)6-4-9-2-3-11-12(8-9)25-15(16,17)24-11/h2-3,8,10H,4-7H2,1H3,(H,18,21). The van der Waals surface area contributed by atoms with Gasteiger partial charge in [0.15, 0.2) is 11.5 Å². The Bertz CT molecular complexity index is 858. The minimum Gasteiger partial charge on any atom is -0.395 e. The van der Waals surface area contributed by atoms with Crippen LogP contribution in [0.3, 0.4) is 0 Å². The zero-order valence-electron chi connectivity index (χ0n) is 13.7. The van der Waals surface area contributed by atoms with Crippen molar-refractivity contribution in [2.75, 3.05) is 18.6 Å². The molecular formula is C15H16F2N2O6S. The van der Waals surface area contributed by atoms with Crippen LogP contribution in [-0.2, 0) is 21.1 Å². The van der Waals surface area contributed by atoms with E-state index in [9.17, 15) is 26.8 Å². The van der Waals surface area contributed by atoms with Gasteiger partial charge in [-0.05, 0) is 30.5 Å². The van der Waals surface area contributed by atoms with E-state index in [1.807, 2.05) is 0 Å². The lowest BCUT2D eigenvalue weighted by Gasteiger charge is -2.13. The minimum atomic E-state index is -3.71. The number of amides is 3. The van der Waals surface area contributed by atoms with Crippen molar-refractivity contribution in [1.82, 2.24) is 10.2 Å². The molecule has 1 unspecified atom stereocenters. The molecule has 8 nitrogen and oxygen atoms in total. The molecule has 1 fully saturated rings. The molecule has 0 saturated carbocycles. The van der Waals surface area contributed by atoms with E-state index < -0.39 is 34.1 Å². The monoisotopic (exact) mass is 390 g/mol. The van der Waals surface area contributed by atoms with E-state index in [0.717, 1.165) is 11.2 Å². The zero-order chi connectivity index (χ0) is 19.1. The number of imide groups is 1. The summed E-state index contributed by atoms with van der Waals surface area (Å²) < 4.78 is 57.1. The van der Waals surface area contributed by atoms with Crippen LogP contribution < -0.4 is 14.8 Å². The second kappa shape index (κ2) is 6.38. The number of hydrogen-bond donors (Lipinski definition) is 1. The first-order chi connectivity index (χ1) is 12.0. The number of alkyl halides is 2. The van der Waals surface area contributed by atoms with Crippen LogP contribution in [-0.4, -0.2) is 56.1 Å². The van der Waals surface area contributed by atoms with Crippen molar-refractivity contribution < 1.29 is 36.3 Å². The van der Waals surface area contributed by atoms with Crippen LogP contribution in [0.4, 0.5) is 13.6 Å². The number of urea groups is 1.